The van der Waals surface area contributed by atoms with Crippen LogP contribution in [0.3, 0.4) is 0 Å². The Hall–Kier alpha value is -2.99. The number of rotatable bonds is 5. The average molecular weight is 310 g/mol. The third-order valence-corrected chi connectivity index (χ3v) is 3.41. The van der Waals surface area contributed by atoms with Crippen molar-refractivity contribution < 1.29 is 14.4 Å². The lowest BCUT2D eigenvalue weighted by atomic mass is 10.1. The molecule has 116 valence electrons. The Balaban J connectivity index is 2.03. The highest BCUT2D eigenvalue weighted by atomic mass is 16.6. The molecule has 6 heteroatoms. The molecule has 0 saturated carbocycles. The van der Waals surface area contributed by atoms with Crippen LogP contribution in [0.5, 0.6) is 0 Å². The molecule has 0 bridgehead atoms. The van der Waals surface area contributed by atoms with Gasteiger partial charge in [-0.1, -0.05) is 18.2 Å². The van der Waals surface area contributed by atoms with Crippen molar-refractivity contribution in [1.29, 1.82) is 0 Å². The van der Waals surface area contributed by atoms with Gasteiger partial charge < -0.3 is 9.52 Å². The first kappa shape index (κ1) is 14.9. The number of aromatic nitrogens is 1. The number of aliphatic hydroxyl groups excluding tert-OH is 1. The Bertz CT molecular complexity index is 810. The van der Waals surface area contributed by atoms with Crippen molar-refractivity contribution in [2.75, 3.05) is 6.61 Å². The lowest BCUT2D eigenvalue weighted by Crippen LogP contribution is -1.92. The van der Waals surface area contributed by atoms with Crippen LogP contribution in [0.2, 0.25) is 0 Å². The molecule has 0 unspecified atom stereocenters. The summed E-state index contributed by atoms with van der Waals surface area (Å²) in [4.78, 5) is 14.8. The van der Waals surface area contributed by atoms with Crippen molar-refractivity contribution in [2.24, 2.45) is 0 Å². The Morgan fingerprint density at radius 2 is 1.74 bits per heavy atom. The molecular weight excluding hydrogens is 296 g/mol. The summed E-state index contributed by atoms with van der Waals surface area (Å²) in [7, 11) is 0. The molecule has 0 aliphatic heterocycles. The van der Waals surface area contributed by atoms with Gasteiger partial charge >= 0.3 is 0 Å². The minimum atomic E-state index is -0.448. The summed E-state index contributed by atoms with van der Waals surface area (Å²) in [5.41, 5.74) is 2.15. The lowest BCUT2D eigenvalue weighted by molar-refractivity contribution is -0.384. The molecule has 0 saturated heterocycles. The monoisotopic (exact) mass is 310 g/mol. The topological polar surface area (TPSA) is 89.4 Å². The van der Waals surface area contributed by atoms with Crippen LogP contribution in [-0.2, 0) is 6.42 Å². The van der Waals surface area contributed by atoms with E-state index in [4.69, 9.17) is 4.42 Å². The van der Waals surface area contributed by atoms with Gasteiger partial charge in [-0.3, -0.25) is 10.1 Å². The van der Waals surface area contributed by atoms with Gasteiger partial charge in [-0.05, 0) is 24.3 Å². The summed E-state index contributed by atoms with van der Waals surface area (Å²) in [5.74, 6) is 1.02. The van der Waals surface area contributed by atoms with Crippen molar-refractivity contribution in [3.63, 3.8) is 0 Å². The Morgan fingerprint density at radius 3 is 2.35 bits per heavy atom. The van der Waals surface area contributed by atoms with Crippen molar-refractivity contribution in [3.8, 4) is 22.7 Å². The summed E-state index contributed by atoms with van der Waals surface area (Å²) in [6.45, 7) is -0.0661. The van der Waals surface area contributed by atoms with Crippen LogP contribution >= 0.6 is 0 Å². The number of hydrogen-bond donors (Lipinski definition) is 1. The lowest BCUT2D eigenvalue weighted by Gasteiger charge is -1.99. The normalized spacial score (nSPS) is 10.7. The van der Waals surface area contributed by atoms with Gasteiger partial charge in [0.25, 0.3) is 5.69 Å². The van der Waals surface area contributed by atoms with E-state index in [0.717, 1.165) is 5.56 Å². The first-order chi connectivity index (χ1) is 11.2. The zero-order valence-electron chi connectivity index (χ0n) is 12.2. The molecule has 0 spiro atoms. The molecule has 1 heterocycles. The van der Waals surface area contributed by atoms with E-state index < -0.39 is 4.92 Å². The zero-order chi connectivity index (χ0) is 16.2. The fourth-order valence-electron chi connectivity index (χ4n) is 2.29. The Morgan fingerprint density at radius 1 is 1.04 bits per heavy atom. The second-order valence-corrected chi connectivity index (χ2v) is 4.93. The SMILES string of the molecule is O=[N+]([O-])c1ccc(-c2nc(-c3ccccc3)oc2CCO)cc1. The molecule has 0 aliphatic carbocycles. The van der Waals surface area contributed by atoms with Crippen LogP contribution in [0.4, 0.5) is 5.69 Å². The Kier molecular flexibility index (Phi) is 4.16. The van der Waals surface area contributed by atoms with E-state index in [2.05, 4.69) is 4.98 Å². The molecule has 3 aromatic rings. The fraction of sp³-hybridized carbons (Fsp3) is 0.118. The van der Waals surface area contributed by atoms with Crippen LogP contribution in [-0.4, -0.2) is 21.6 Å². The van der Waals surface area contributed by atoms with Gasteiger partial charge in [0, 0.05) is 29.7 Å². The molecule has 2 aromatic carbocycles. The van der Waals surface area contributed by atoms with E-state index in [-0.39, 0.29) is 12.3 Å². The van der Waals surface area contributed by atoms with Gasteiger partial charge in [0.05, 0.1) is 11.5 Å². The molecule has 0 amide bonds. The summed E-state index contributed by atoms with van der Waals surface area (Å²) in [6.07, 6.45) is 0.326. The highest BCUT2D eigenvalue weighted by Crippen LogP contribution is 2.30. The molecule has 1 N–H and O–H groups in total. The van der Waals surface area contributed by atoms with Gasteiger partial charge in [0.1, 0.15) is 11.5 Å². The average Bonchev–Trinajstić information content (AvgIpc) is 3.00. The summed E-state index contributed by atoms with van der Waals surface area (Å²) >= 11 is 0. The highest BCUT2D eigenvalue weighted by molar-refractivity contribution is 5.66. The third-order valence-electron chi connectivity index (χ3n) is 3.41. The summed E-state index contributed by atoms with van der Waals surface area (Å²) < 4.78 is 5.77. The Labute approximate surface area is 132 Å². The molecule has 0 fully saturated rings. The second kappa shape index (κ2) is 6.41. The molecule has 3 rings (SSSR count). The van der Waals surface area contributed by atoms with E-state index in [1.807, 2.05) is 30.3 Å². The smallest absolute Gasteiger partial charge is 0.269 e. The van der Waals surface area contributed by atoms with Crippen molar-refractivity contribution in [1.82, 2.24) is 4.98 Å². The molecular formula is C17H14N2O4. The number of nitro groups is 1. The zero-order valence-corrected chi connectivity index (χ0v) is 12.2. The van der Waals surface area contributed by atoms with E-state index >= 15 is 0 Å². The maximum Gasteiger partial charge on any atom is 0.269 e. The van der Waals surface area contributed by atoms with Gasteiger partial charge in [-0.25, -0.2) is 4.98 Å². The van der Waals surface area contributed by atoms with Gasteiger partial charge in [-0.2, -0.15) is 0 Å². The number of aliphatic hydroxyl groups is 1. The van der Waals surface area contributed by atoms with Crippen molar-refractivity contribution in [3.05, 3.63) is 70.5 Å². The third kappa shape index (κ3) is 3.12. The molecule has 23 heavy (non-hydrogen) atoms. The van der Waals surface area contributed by atoms with Crippen LogP contribution < -0.4 is 0 Å². The molecule has 1 aromatic heterocycles. The quantitative estimate of drug-likeness (QED) is 0.576. The van der Waals surface area contributed by atoms with Crippen LogP contribution in [0.25, 0.3) is 22.7 Å². The maximum absolute atomic E-state index is 10.7. The van der Waals surface area contributed by atoms with Crippen LogP contribution in [0.1, 0.15) is 5.76 Å². The van der Waals surface area contributed by atoms with E-state index in [1.54, 1.807) is 12.1 Å². The van der Waals surface area contributed by atoms with Gasteiger partial charge in [0.15, 0.2) is 0 Å². The predicted octanol–water partition coefficient (Wildman–Crippen LogP) is 3.45. The summed E-state index contributed by atoms with van der Waals surface area (Å²) in [5, 5.41) is 20.0. The molecule has 6 nitrogen and oxygen atoms in total. The summed E-state index contributed by atoms with van der Waals surface area (Å²) in [6, 6.07) is 15.6. The van der Waals surface area contributed by atoms with E-state index in [0.29, 0.717) is 29.3 Å². The first-order valence-corrected chi connectivity index (χ1v) is 7.10. The fourth-order valence-corrected chi connectivity index (χ4v) is 2.29. The predicted molar refractivity (Wildman–Crippen MR) is 84.8 cm³/mol. The number of non-ortho nitro benzene ring substituents is 1. The molecule has 0 atom stereocenters. The largest absolute Gasteiger partial charge is 0.440 e. The molecule has 0 aliphatic rings. The van der Waals surface area contributed by atoms with Crippen molar-refractivity contribution >= 4 is 5.69 Å². The number of nitrogens with zero attached hydrogens (tertiary/aromatic N) is 2. The standard InChI is InChI=1S/C17H14N2O4/c20-11-10-15-16(12-6-8-14(9-7-12)19(21)22)18-17(23-15)13-4-2-1-3-5-13/h1-9,20H,10-11H2. The van der Waals surface area contributed by atoms with Crippen LogP contribution in [0, 0.1) is 10.1 Å². The number of oxazole rings is 1. The highest BCUT2D eigenvalue weighted by Gasteiger charge is 2.16. The number of hydrogen-bond acceptors (Lipinski definition) is 5. The second-order valence-electron chi connectivity index (χ2n) is 4.93. The minimum absolute atomic E-state index is 0.0178. The van der Waals surface area contributed by atoms with Crippen LogP contribution in [0.15, 0.2) is 59.0 Å². The van der Waals surface area contributed by atoms with Gasteiger partial charge in [0.2, 0.25) is 5.89 Å². The number of nitro benzene ring substituents is 1. The first-order valence-electron chi connectivity index (χ1n) is 7.10. The van der Waals surface area contributed by atoms with Gasteiger partial charge in [-0.15, -0.1) is 0 Å². The van der Waals surface area contributed by atoms with Crippen molar-refractivity contribution in [2.45, 2.75) is 6.42 Å². The molecule has 0 radical (unpaired) electrons. The maximum atomic E-state index is 10.7. The number of benzene rings is 2. The van der Waals surface area contributed by atoms with E-state index in [9.17, 15) is 15.2 Å². The minimum Gasteiger partial charge on any atom is -0.440 e. The van der Waals surface area contributed by atoms with E-state index in [1.165, 1.54) is 12.1 Å².